The Morgan fingerprint density at radius 1 is 1.47 bits per heavy atom. The lowest BCUT2D eigenvalue weighted by Crippen LogP contribution is -2.28. The Hall–Kier alpha value is -1.38. The molecule has 0 heterocycles. The third-order valence-electron chi connectivity index (χ3n) is 3.10. The maximum atomic E-state index is 13.2. The van der Waals surface area contributed by atoms with Crippen molar-refractivity contribution in [1.82, 2.24) is 0 Å². The summed E-state index contributed by atoms with van der Waals surface area (Å²) in [5.74, 6) is -0.410. The molecular formula is C14H18FNO. The molecule has 0 spiro atoms. The van der Waals surface area contributed by atoms with E-state index in [1.165, 1.54) is 31.9 Å². The lowest BCUT2D eigenvalue weighted by atomic mass is 10.1. The molecule has 1 aromatic carbocycles. The maximum absolute atomic E-state index is 13.2. The Kier molecular flexibility index (Phi) is 3.46. The molecule has 0 unspecified atom stereocenters. The Labute approximate surface area is 101 Å². The summed E-state index contributed by atoms with van der Waals surface area (Å²) < 4.78 is 13.2. The van der Waals surface area contributed by atoms with Crippen molar-refractivity contribution >= 4 is 11.5 Å². The molecule has 1 aliphatic rings. The highest BCUT2D eigenvalue weighted by Crippen LogP contribution is 2.34. The SMILES string of the molecule is CCCN(c1ccc(F)cc1C(C)=O)C1CC1. The predicted molar refractivity (Wildman–Crippen MR) is 67.1 cm³/mol. The molecule has 17 heavy (non-hydrogen) atoms. The minimum atomic E-state index is -0.341. The fourth-order valence-electron chi connectivity index (χ4n) is 2.17. The minimum Gasteiger partial charge on any atom is -0.368 e. The molecule has 1 fully saturated rings. The third-order valence-corrected chi connectivity index (χ3v) is 3.10. The zero-order chi connectivity index (χ0) is 12.4. The number of carbonyl (C=O) groups is 1. The van der Waals surface area contributed by atoms with Gasteiger partial charge in [-0.2, -0.15) is 0 Å². The van der Waals surface area contributed by atoms with Crippen molar-refractivity contribution in [1.29, 1.82) is 0 Å². The molecule has 92 valence electrons. The molecule has 0 aromatic heterocycles. The Bertz CT molecular complexity index is 426. The van der Waals surface area contributed by atoms with Crippen molar-refractivity contribution in [2.24, 2.45) is 0 Å². The molecule has 1 aromatic rings. The van der Waals surface area contributed by atoms with Gasteiger partial charge in [0.2, 0.25) is 0 Å². The number of halogens is 1. The molecule has 2 nitrogen and oxygen atoms in total. The molecule has 0 N–H and O–H groups in total. The second-order valence-corrected chi connectivity index (χ2v) is 4.64. The van der Waals surface area contributed by atoms with Gasteiger partial charge in [-0.1, -0.05) is 6.92 Å². The van der Waals surface area contributed by atoms with E-state index < -0.39 is 0 Å². The van der Waals surface area contributed by atoms with Gasteiger partial charge in [-0.3, -0.25) is 4.79 Å². The highest BCUT2D eigenvalue weighted by atomic mass is 19.1. The largest absolute Gasteiger partial charge is 0.368 e. The zero-order valence-corrected chi connectivity index (χ0v) is 10.4. The molecule has 2 rings (SSSR count). The van der Waals surface area contributed by atoms with Crippen LogP contribution in [0.25, 0.3) is 0 Å². The van der Waals surface area contributed by atoms with E-state index in [-0.39, 0.29) is 11.6 Å². The van der Waals surface area contributed by atoms with E-state index >= 15 is 0 Å². The number of carbonyl (C=O) groups excluding carboxylic acids is 1. The molecule has 1 aliphatic carbocycles. The number of ketones is 1. The van der Waals surface area contributed by atoms with E-state index in [0.29, 0.717) is 11.6 Å². The summed E-state index contributed by atoms with van der Waals surface area (Å²) in [6.45, 7) is 4.54. The van der Waals surface area contributed by atoms with Gasteiger partial charge >= 0.3 is 0 Å². The average molecular weight is 235 g/mol. The van der Waals surface area contributed by atoms with E-state index in [9.17, 15) is 9.18 Å². The Balaban J connectivity index is 2.37. The number of hydrogen-bond acceptors (Lipinski definition) is 2. The Morgan fingerprint density at radius 2 is 2.18 bits per heavy atom. The van der Waals surface area contributed by atoms with E-state index in [1.807, 2.05) is 0 Å². The lowest BCUT2D eigenvalue weighted by molar-refractivity contribution is 0.101. The van der Waals surface area contributed by atoms with Gasteiger partial charge < -0.3 is 4.90 Å². The van der Waals surface area contributed by atoms with Crippen LogP contribution in [0.3, 0.4) is 0 Å². The molecule has 3 heteroatoms. The quantitative estimate of drug-likeness (QED) is 0.729. The van der Waals surface area contributed by atoms with E-state index in [4.69, 9.17) is 0 Å². The van der Waals surface area contributed by atoms with Gasteiger partial charge in [-0.05, 0) is 44.4 Å². The monoisotopic (exact) mass is 235 g/mol. The molecule has 1 saturated carbocycles. The van der Waals surface area contributed by atoms with Crippen molar-refractivity contribution < 1.29 is 9.18 Å². The summed E-state index contributed by atoms with van der Waals surface area (Å²) in [7, 11) is 0. The van der Waals surface area contributed by atoms with Gasteiger partial charge in [-0.25, -0.2) is 4.39 Å². The first-order chi connectivity index (χ1) is 8.13. The smallest absolute Gasteiger partial charge is 0.161 e. The van der Waals surface area contributed by atoms with Crippen LogP contribution >= 0.6 is 0 Å². The van der Waals surface area contributed by atoms with Crippen LogP contribution in [0.5, 0.6) is 0 Å². The van der Waals surface area contributed by atoms with Crippen LogP contribution in [0.15, 0.2) is 18.2 Å². The fourth-order valence-corrected chi connectivity index (χ4v) is 2.17. The average Bonchev–Trinajstić information content (AvgIpc) is 3.10. The van der Waals surface area contributed by atoms with Gasteiger partial charge in [0.15, 0.2) is 5.78 Å². The van der Waals surface area contributed by atoms with Crippen LogP contribution in [0.1, 0.15) is 43.5 Å². The number of anilines is 1. The molecule has 0 amide bonds. The summed E-state index contributed by atoms with van der Waals surface area (Å²) in [6.07, 6.45) is 3.38. The number of benzene rings is 1. The topological polar surface area (TPSA) is 20.3 Å². The van der Waals surface area contributed by atoms with E-state index in [2.05, 4.69) is 11.8 Å². The number of Topliss-reactive ketones (excluding diaryl/α,β-unsaturated/α-hetero) is 1. The van der Waals surface area contributed by atoms with Gasteiger partial charge in [0.1, 0.15) is 5.82 Å². The van der Waals surface area contributed by atoms with Crippen LogP contribution in [-0.2, 0) is 0 Å². The first-order valence-corrected chi connectivity index (χ1v) is 6.20. The minimum absolute atomic E-state index is 0.0683. The Morgan fingerprint density at radius 3 is 2.71 bits per heavy atom. The first-order valence-electron chi connectivity index (χ1n) is 6.20. The summed E-state index contributed by atoms with van der Waals surface area (Å²) >= 11 is 0. The fraction of sp³-hybridized carbons (Fsp3) is 0.500. The van der Waals surface area contributed by atoms with Crippen LogP contribution in [0.2, 0.25) is 0 Å². The highest BCUT2D eigenvalue weighted by Gasteiger charge is 2.30. The summed E-state index contributed by atoms with van der Waals surface area (Å²) in [6, 6.07) is 5.06. The van der Waals surface area contributed by atoms with Gasteiger partial charge in [-0.15, -0.1) is 0 Å². The van der Waals surface area contributed by atoms with Crippen molar-refractivity contribution in [3.63, 3.8) is 0 Å². The summed E-state index contributed by atoms with van der Waals surface area (Å²) in [4.78, 5) is 13.8. The molecule has 0 radical (unpaired) electrons. The zero-order valence-electron chi connectivity index (χ0n) is 10.4. The molecule has 0 atom stereocenters. The predicted octanol–water partition coefficient (Wildman–Crippen LogP) is 3.41. The van der Waals surface area contributed by atoms with Gasteiger partial charge in [0.05, 0.1) is 0 Å². The summed E-state index contributed by atoms with van der Waals surface area (Å²) in [5.41, 5.74) is 1.40. The highest BCUT2D eigenvalue weighted by molar-refractivity contribution is 5.99. The molecular weight excluding hydrogens is 217 g/mol. The standard InChI is InChI=1S/C14H18FNO/c1-3-8-16(12-5-6-12)14-7-4-11(15)9-13(14)10(2)17/h4,7,9,12H,3,5-6,8H2,1-2H3. The van der Waals surface area contributed by atoms with Crippen LogP contribution < -0.4 is 4.90 Å². The first kappa shape index (κ1) is 12.1. The number of nitrogens with zero attached hydrogens (tertiary/aromatic N) is 1. The lowest BCUT2D eigenvalue weighted by Gasteiger charge is -2.26. The number of rotatable bonds is 5. The second-order valence-electron chi connectivity index (χ2n) is 4.64. The van der Waals surface area contributed by atoms with Crippen molar-refractivity contribution in [3.8, 4) is 0 Å². The van der Waals surface area contributed by atoms with Crippen LogP contribution in [0.4, 0.5) is 10.1 Å². The normalized spacial score (nSPS) is 14.8. The third kappa shape index (κ3) is 2.65. The molecule has 0 saturated heterocycles. The summed E-state index contributed by atoms with van der Waals surface area (Å²) in [5, 5.41) is 0. The van der Waals surface area contributed by atoms with Crippen molar-refractivity contribution in [2.75, 3.05) is 11.4 Å². The molecule has 0 aliphatic heterocycles. The number of hydrogen-bond donors (Lipinski definition) is 0. The van der Waals surface area contributed by atoms with Crippen LogP contribution in [0, 0.1) is 5.82 Å². The maximum Gasteiger partial charge on any atom is 0.161 e. The van der Waals surface area contributed by atoms with Gasteiger partial charge in [0, 0.05) is 23.8 Å². The van der Waals surface area contributed by atoms with E-state index in [1.54, 1.807) is 6.07 Å². The van der Waals surface area contributed by atoms with E-state index in [0.717, 1.165) is 18.7 Å². The van der Waals surface area contributed by atoms with Gasteiger partial charge in [0.25, 0.3) is 0 Å². The van der Waals surface area contributed by atoms with Crippen LogP contribution in [-0.4, -0.2) is 18.4 Å². The second kappa shape index (κ2) is 4.86. The molecule has 0 bridgehead atoms. The van der Waals surface area contributed by atoms with Crippen molar-refractivity contribution in [3.05, 3.63) is 29.6 Å². The van der Waals surface area contributed by atoms with Crippen molar-refractivity contribution in [2.45, 2.75) is 39.2 Å².